The molecule has 1 fully saturated rings. The molecule has 106 valence electrons. The summed E-state index contributed by atoms with van der Waals surface area (Å²) in [5.74, 6) is 0.764. The first-order chi connectivity index (χ1) is 9.15. The number of rotatable bonds is 5. The third kappa shape index (κ3) is 4.59. The second kappa shape index (κ2) is 7.01. The van der Waals surface area contributed by atoms with Crippen LogP contribution in [0.3, 0.4) is 0 Å². The molecule has 0 spiro atoms. The summed E-state index contributed by atoms with van der Waals surface area (Å²) < 4.78 is 13.2. The highest BCUT2D eigenvalue weighted by atomic mass is 19.1. The number of halogens is 1. The highest BCUT2D eigenvalue weighted by molar-refractivity contribution is 5.23. The Morgan fingerprint density at radius 1 is 1.32 bits per heavy atom. The van der Waals surface area contributed by atoms with E-state index in [2.05, 4.69) is 17.3 Å². The summed E-state index contributed by atoms with van der Waals surface area (Å²) in [6, 6.07) is 5.42. The van der Waals surface area contributed by atoms with Crippen LogP contribution in [0.1, 0.15) is 30.4 Å². The van der Waals surface area contributed by atoms with Gasteiger partial charge in [0, 0.05) is 6.54 Å². The van der Waals surface area contributed by atoms with E-state index in [0.717, 1.165) is 24.6 Å². The molecule has 0 unspecified atom stereocenters. The van der Waals surface area contributed by atoms with Gasteiger partial charge in [-0.25, -0.2) is 4.39 Å². The van der Waals surface area contributed by atoms with Gasteiger partial charge in [-0.2, -0.15) is 0 Å². The molecule has 1 heterocycles. The molecule has 2 nitrogen and oxygen atoms in total. The molecule has 0 radical (unpaired) electrons. The number of hydrogen-bond acceptors (Lipinski definition) is 2. The SMILES string of the molecule is Cc1cc(CN(C)CCC2CCNCC2)ccc1F. The zero-order chi connectivity index (χ0) is 13.7. The lowest BCUT2D eigenvalue weighted by Crippen LogP contribution is -2.30. The van der Waals surface area contributed by atoms with E-state index in [9.17, 15) is 4.39 Å². The Morgan fingerprint density at radius 3 is 2.74 bits per heavy atom. The number of aryl methyl sites for hydroxylation is 1. The summed E-state index contributed by atoms with van der Waals surface area (Å²) >= 11 is 0. The predicted molar refractivity (Wildman–Crippen MR) is 77.7 cm³/mol. The predicted octanol–water partition coefficient (Wildman–Crippen LogP) is 2.96. The zero-order valence-electron chi connectivity index (χ0n) is 12.1. The zero-order valence-corrected chi connectivity index (χ0v) is 12.1. The molecule has 1 aliphatic heterocycles. The maximum absolute atomic E-state index is 13.2. The molecule has 0 aliphatic carbocycles. The quantitative estimate of drug-likeness (QED) is 0.879. The lowest BCUT2D eigenvalue weighted by Gasteiger charge is -2.25. The molecule has 0 aromatic heterocycles. The van der Waals surface area contributed by atoms with Crippen molar-refractivity contribution in [1.29, 1.82) is 0 Å². The topological polar surface area (TPSA) is 15.3 Å². The Kier molecular flexibility index (Phi) is 5.34. The van der Waals surface area contributed by atoms with Crippen molar-refractivity contribution in [2.24, 2.45) is 5.92 Å². The van der Waals surface area contributed by atoms with Crippen LogP contribution in [0, 0.1) is 18.7 Å². The van der Waals surface area contributed by atoms with Gasteiger partial charge in [0.05, 0.1) is 0 Å². The number of nitrogens with zero attached hydrogens (tertiary/aromatic N) is 1. The minimum absolute atomic E-state index is 0.110. The molecule has 1 aliphatic rings. The van der Waals surface area contributed by atoms with Crippen LogP contribution in [0.5, 0.6) is 0 Å². The number of hydrogen-bond donors (Lipinski definition) is 1. The number of piperidine rings is 1. The summed E-state index contributed by atoms with van der Waals surface area (Å²) in [4.78, 5) is 2.34. The fourth-order valence-electron chi connectivity index (χ4n) is 2.77. The van der Waals surface area contributed by atoms with Gasteiger partial charge in [-0.3, -0.25) is 0 Å². The van der Waals surface area contributed by atoms with E-state index in [1.165, 1.54) is 37.9 Å². The average molecular weight is 264 g/mol. The molecular weight excluding hydrogens is 239 g/mol. The molecule has 1 aromatic carbocycles. The van der Waals surface area contributed by atoms with Crippen LogP contribution in [0.15, 0.2) is 18.2 Å². The molecule has 0 amide bonds. The molecule has 0 bridgehead atoms. The molecule has 1 N–H and O–H groups in total. The Labute approximate surface area is 116 Å². The van der Waals surface area contributed by atoms with Crippen LogP contribution in [0.2, 0.25) is 0 Å². The fourth-order valence-corrected chi connectivity index (χ4v) is 2.77. The number of benzene rings is 1. The van der Waals surface area contributed by atoms with Gasteiger partial charge >= 0.3 is 0 Å². The molecular formula is C16H25FN2. The minimum Gasteiger partial charge on any atom is -0.317 e. The average Bonchev–Trinajstić information content (AvgIpc) is 2.42. The molecule has 0 saturated carbocycles. The molecule has 1 aromatic rings. The Hall–Kier alpha value is -0.930. The maximum Gasteiger partial charge on any atom is 0.126 e. The lowest BCUT2D eigenvalue weighted by molar-refractivity contribution is 0.266. The lowest BCUT2D eigenvalue weighted by atomic mass is 9.94. The first-order valence-electron chi connectivity index (χ1n) is 7.29. The highest BCUT2D eigenvalue weighted by Crippen LogP contribution is 2.17. The van der Waals surface area contributed by atoms with Crippen molar-refractivity contribution in [3.8, 4) is 0 Å². The van der Waals surface area contributed by atoms with Crippen LogP contribution in [-0.2, 0) is 6.54 Å². The third-order valence-electron chi connectivity index (χ3n) is 4.05. The van der Waals surface area contributed by atoms with E-state index in [1.54, 1.807) is 6.07 Å². The first kappa shape index (κ1) is 14.5. The van der Waals surface area contributed by atoms with E-state index in [4.69, 9.17) is 0 Å². The summed E-state index contributed by atoms with van der Waals surface area (Å²) in [6.07, 6.45) is 3.89. The van der Waals surface area contributed by atoms with E-state index < -0.39 is 0 Å². The van der Waals surface area contributed by atoms with Gasteiger partial charge in [-0.05, 0) is 76.0 Å². The molecule has 3 heteroatoms. The van der Waals surface area contributed by atoms with Crippen LogP contribution in [0.4, 0.5) is 4.39 Å². The van der Waals surface area contributed by atoms with Gasteiger partial charge in [0.1, 0.15) is 5.82 Å². The summed E-state index contributed by atoms with van der Waals surface area (Å²) in [7, 11) is 2.15. The van der Waals surface area contributed by atoms with Crippen LogP contribution < -0.4 is 5.32 Å². The third-order valence-corrected chi connectivity index (χ3v) is 4.05. The maximum atomic E-state index is 13.2. The van der Waals surface area contributed by atoms with Crippen molar-refractivity contribution in [3.05, 3.63) is 35.1 Å². The summed E-state index contributed by atoms with van der Waals surface area (Å²) in [5, 5.41) is 3.40. The van der Waals surface area contributed by atoms with Crippen molar-refractivity contribution in [3.63, 3.8) is 0 Å². The summed E-state index contributed by atoms with van der Waals surface area (Å²) in [6.45, 7) is 6.21. The molecule has 0 atom stereocenters. The smallest absolute Gasteiger partial charge is 0.126 e. The van der Waals surface area contributed by atoms with Crippen molar-refractivity contribution >= 4 is 0 Å². The molecule has 2 rings (SSSR count). The van der Waals surface area contributed by atoms with Crippen LogP contribution in [0.25, 0.3) is 0 Å². The normalized spacial score (nSPS) is 17.1. The number of nitrogens with one attached hydrogen (secondary N) is 1. The molecule has 19 heavy (non-hydrogen) atoms. The van der Waals surface area contributed by atoms with Crippen molar-refractivity contribution in [1.82, 2.24) is 10.2 Å². The van der Waals surface area contributed by atoms with Crippen molar-refractivity contribution < 1.29 is 4.39 Å². The van der Waals surface area contributed by atoms with Crippen molar-refractivity contribution in [2.45, 2.75) is 32.7 Å². The fraction of sp³-hybridized carbons (Fsp3) is 0.625. The van der Waals surface area contributed by atoms with E-state index in [1.807, 2.05) is 19.1 Å². The van der Waals surface area contributed by atoms with E-state index in [-0.39, 0.29) is 5.82 Å². The van der Waals surface area contributed by atoms with Gasteiger partial charge in [-0.15, -0.1) is 0 Å². The van der Waals surface area contributed by atoms with Gasteiger partial charge in [0.15, 0.2) is 0 Å². The molecule has 1 saturated heterocycles. The Bertz CT molecular complexity index is 400. The van der Waals surface area contributed by atoms with E-state index in [0.29, 0.717) is 0 Å². The Balaban J connectivity index is 1.76. The van der Waals surface area contributed by atoms with Gasteiger partial charge in [-0.1, -0.05) is 12.1 Å². The van der Waals surface area contributed by atoms with Gasteiger partial charge < -0.3 is 10.2 Å². The second-order valence-electron chi connectivity index (χ2n) is 5.80. The van der Waals surface area contributed by atoms with Crippen LogP contribution >= 0.6 is 0 Å². The highest BCUT2D eigenvalue weighted by Gasteiger charge is 2.13. The summed E-state index contributed by atoms with van der Waals surface area (Å²) in [5.41, 5.74) is 1.94. The first-order valence-corrected chi connectivity index (χ1v) is 7.29. The minimum atomic E-state index is -0.110. The van der Waals surface area contributed by atoms with E-state index >= 15 is 0 Å². The van der Waals surface area contributed by atoms with Crippen molar-refractivity contribution in [2.75, 3.05) is 26.7 Å². The Morgan fingerprint density at radius 2 is 2.05 bits per heavy atom. The van der Waals surface area contributed by atoms with Gasteiger partial charge in [0.25, 0.3) is 0 Å². The van der Waals surface area contributed by atoms with Crippen LogP contribution in [-0.4, -0.2) is 31.6 Å². The second-order valence-corrected chi connectivity index (χ2v) is 5.80. The van der Waals surface area contributed by atoms with Gasteiger partial charge in [0.2, 0.25) is 0 Å². The standard InChI is InChI=1S/C16H25FN2/c1-13-11-15(3-4-16(13)17)12-19(2)10-7-14-5-8-18-9-6-14/h3-4,11,14,18H,5-10,12H2,1-2H3. The largest absolute Gasteiger partial charge is 0.317 e. The monoisotopic (exact) mass is 264 g/mol.